The molecule has 4 aromatic rings. The first-order chi connectivity index (χ1) is 20.9. The summed E-state index contributed by atoms with van der Waals surface area (Å²) in [5.41, 5.74) is -2.11. The molecular formula is C26H18F9N7O3. The molecule has 19 heteroatoms. The van der Waals surface area contributed by atoms with Crippen LogP contribution in [0.5, 0.6) is 0 Å². The van der Waals surface area contributed by atoms with E-state index in [0.717, 1.165) is 18.3 Å². The van der Waals surface area contributed by atoms with Crippen LogP contribution in [0.4, 0.5) is 68.3 Å². The number of alkyl halides is 6. The minimum absolute atomic E-state index is 0.0476. The number of benzene rings is 2. The molecule has 2 aromatic carbocycles. The normalized spacial score (nSPS) is 11.2. The van der Waals surface area contributed by atoms with Crippen LogP contribution in [0, 0.1) is 17.5 Å². The summed E-state index contributed by atoms with van der Waals surface area (Å²) >= 11 is 0. The van der Waals surface area contributed by atoms with E-state index in [1.54, 1.807) is 13.2 Å². The Balaban J connectivity index is 0.000000707. The molecule has 0 radical (unpaired) electrons. The molecule has 0 aliphatic rings. The molecule has 0 aliphatic heterocycles. The number of hydrogen-bond acceptors (Lipinski definition) is 7. The van der Waals surface area contributed by atoms with Crippen molar-refractivity contribution in [3.63, 3.8) is 0 Å². The van der Waals surface area contributed by atoms with Gasteiger partial charge in [-0.15, -0.1) is 0 Å². The molecule has 0 bridgehead atoms. The van der Waals surface area contributed by atoms with E-state index < -0.39 is 47.2 Å². The Hall–Kier alpha value is -5.62. The van der Waals surface area contributed by atoms with E-state index in [0.29, 0.717) is 17.8 Å². The molecule has 0 fully saturated rings. The standard InChI is InChI=1S/C24H17F6N7O.C2HF3O2/c1-3-20(38)33-13-4-5-16(25)19(8-13)35-22-15(10-31-23(36-22)34-14-9-32-37(2)11-14)12-6-17(26)21(18(27)7-12)24(28,29)30;3-2(4,5)1(6)7/h3-11H,1H2,2H3,(H,33,38)(H2,31,34,35,36);(H,6,7). The SMILES string of the molecule is C=CC(=O)Nc1ccc(F)c(Nc2nc(Nc3cnn(C)c3)ncc2-c2cc(F)c(C(F)(F)F)c(F)c2)c1.O=C(O)C(F)(F)F. The summed E-state index contributed by atoms with van der Waals surface area (Å²) in [5.74, 6) is -8.08. The molecule has 1 amide bonds. The smallest absolute Gasteiger partial charge is 0.475 e. The molecule has 10 nitrogen and oxygen atoms in total. The number of carboxylic acid groups (broad SMARTS) is 1. The summed E-state index contributed by atoms with van der Waals surface area (Å²) in [4.78, 5) is 28.8. The third kappa shape index (κ3) is 8.94. The number of halogens is 9. The molecule has 2 heterocycles. The van der Waals surface area contributed by atoms with Crippen molar-refractivity contribution in [2.45, 2.75) is 12.4 Å². The van der Waals surface area contributed by atoms with Gasteiger partial charge in [-0.3, -0.25) is 9.48 Å². The fourth-order valence-corrected chi connectivity index (χ4v) is 3.38. The number of nitrogens with zero attached hydrogens (tertiary/aromatic N) is 4. The minimum Gasteiger partial charge on any atom is -0.475 e. The molecule has 0 unspecified atom stereocenters. The Kier molecular flexibility index (Phi) is 10.1. The van der Waals surface area contributed by atoms with Crippen molar-refractivity contribution < 1.29 is 54.2 Å². The van der Waals surface area contributed by atoms with Gasteiger partial charge in [0, 0.05) is 30.7 Å². The maximum atomic E-state index is 14.7. The molecule has 4 N–H and O–H groups in total. The fraction of sp³-hybridized carbons (Fsp3) is 0.115. The van der Waals surface area contributed by atoms with E-state index in [1.807, 2.05) is 0 Å². The predicted octanol–water partition coefficient (Wildman–Crippen LogP) is 6.56. The number of anilines is 5. The van der Waals surface area contributed by atoms with Crippen molar-refractivity contribution in [2.24, 2.45) is 7.05 Å². The largest absolute Gasteiger partial charge is 0.490 e. The Morgan fingerprint density at radius 1 is 0.933 bits per heavy atom. The molecular weight excluding hydrogens is 629 g/mol. The first-order valence-corrected chi connectivity index (χ1v) is 11.9. The molecule has 238 valence electrons. The first-order valence-electron chi connectivity index (χ1n) is 11.9. The second-order valence-corrected chi connectivity index (χ2v) is 8.61. The van der Waals surface area contributed by atoms with Crippen LogP contribution in [0.3, 0.4) is 0 Å². The molecule has 0 atom stereocenters. The van der Waals surface area contributed by atoms with Gasteiger partial charge in [0.15, 0.2) is 0 Å². The molecule has 0 saturated carbocycles. The molecule has 2 aromatic heterocycles. The number of rotatable bonds is 7. The van der Waals surface area contributed by atoms with Gasteiger partial charge in [0.25, 0.3) is 0 Å². The van der Waals surface area contributed by atoms with Crippen molar-refractivity contribution in [3.8, 4) is 11.1 Å². The van der Waals surface area contributed by atoms with Crippen LogP contribution in [0.2, 0.25) is 0 Å². The molecule has 0 spiro atoms. The second-order valence-electron chi connectivity index (χ2n) is 8.61. The Labute approximate surface area is 246 Å². The van der Waals surface area contributed by atoms with Crippen LogP contribution in [-0.4, -0.2) is 42.9 Å². The highest BCUT2D eigenvalue weighted by atomic mass is 19.4. The Morgan fingerprint density at radius 3 is 2.07 bits per heavy atom. The number of aromatic nitrogens is 4. The van der Waals surface area contributed by atoms with E-state index >= 15 is 0 Å². The number of amides is 1. The number of carbonyl (C=O) groups excluding carboxylic acids is 1. The number of nitrogens with one attached hydrogen (secondary N) is 3. The number of hydrogen-bond donors (Lipinski definition) is 4. The summed E-state index contributed by atoms with van der Waals surface area (Å²) in [6, 6.07) is 4.47. The molecule has 0 saturated heterocycles. The van der Waals surface area contributed by atoms with Crippen molar-refractivity contribution in [1.82, 2.24) is 19.7 Å². The van der Waals surface area contributed by atoms with Crippen LogP contribution in [0.1, 0.15) is 5.56 Å². The van der Waals surface area contributed by atoms with Crippen LogP contribution in [-0.2, 0) is 22.8 Å². The van der Waals surface area contributed by atoms with E-state index in [2.05, 4.69) is 37.6 Å². The van der Waals surface area contributed by atoms with Gasteiger partial charge >= 0.3 is 18.3 Å². The third-order valence-electron chi connectivity index (χ3n) is 5.30. The fourth-order valence-electron chi connectivity index (χ4n) is 3.38. The van der Waals surface area contributed by atoms with Crippen LogP contribution in [0.25, 0.3) is 11.1 Å². The van der Waals surface area contributed by atoms with E-state index in [9.17, 15) is 44.3 Å². The average molecular weight is 647 g/mol. The third-order valence-corrected chi connectivity index (χ3v) is 5.30. The molecule has 45 heavy (non-hydrogen) atoms. The predicted molar refractivity (Wildman–Crippen MR) is 141 cm³/mol. The zero-order chi connectivity index (χ0) is 33.7. The van der Waals surface area contributed by atoms with Crippen LogP contribution >= 0.6 is 0 Å². The summed E-state index contributed by atoms with van der Waals surface area (Å²) in [7, 11) is 1.66. The van der Waals surface area contributed by atoms with E-state index in [-0.39, 0.29) is 34.3 Å². The maximum Gasteiger partial charge on any atom is 0.490 e. The van der Waals surface area contributed by atoms with Gasteiger partial charge in [-0.25, -0.2) is 22.9 Å². The van der Waals surface area contributed by atoms with Crippen molar-refractivity contribution in [3.05, 3.63) is 84.6 Å². The van der Waals surface area contributed by atoms with Gasteiger partial charge in [0.05, 0.1) is 17.6 Å². The quantitative estimate of drug-likeness (QED) is 0.131. The lowest BCUT2D eigenvalue weighted by Gasteiger charge is -2.16. The summed E-state index contributed by atoms with van der Waals surface area (Å²) in [5, 5.41) is 19.1. The van der Waals surface area contributed by atoms with Gasteiger partial charge < -0.3 is 21.1 Å². The first kappa shape index (κ1) is 33.9. The molecule has 4 rings (SSSR count). The Bertz CT molecular complexity index is 1710. The minimum atomic E-state index is -5.26. The molecule has 0 aliphatic carbocycles. The highest BCUT2D eigenvalue weighted by molar-refractivity contribution is 5.99. The van der Waals surface area contributed by atoms with Gasteiger partial charge in [-0.2, -0.15) is 36.4 Å². The van der Waals surface area contributed by atoms with Crippen LogP contribution < -0.4 is 16.0 Å². The highest BCUT2D eigenvalue weighted by Crippen LogP contribution is 2.38. The van der Waals surface area contributed by atoms with Crippen LogP contribution in [0.15, 0.2) is 61.6 Å². The van der Waals surface area contributed by atoms with Crippen molar-refractivity contribution >= 4 is 40.7 Å². The lowest BCUT2D eigenvalue weighted by atomic mass is 10.0. The lowest BCUT2D eigenvalue weighted by Crippen LogP contribution is -2.21. The van der Waals surface area contributed by atoms with Gasteiger partial charge in [-0.05, 0) is 42.0 Å². The topological polar surface area (TPSA) is 134 Å². The number of aryl methyl sites for hydroxylation is 1. The monoisotopic (exact) mass is 647 g/mol. The van der Waals surface area contributed by atoms with Crippen molar-refractivity contribution in [2.75, 3.05) is 16.0 Å². The van der Waals surface area contributed by atoms with Gasteiger partial charge in [0.1, 0.15) is 28.8 Å². The Morgan fingerprint density at radius 2 is 1.56 bits per heavy atom. The summed E-state index contributed by atoms with van der Waals surface area (Å²) in [6.07, 6.45) is -5.20. The maximum absolute atomic E-state index is 14.7. The summed E-state index contributed by atoms with van der Waals surface area (Å²) in [6.45, 7) is 3.33. The summed E-state index contributed by atoms with van der Waals surface area (Å²) < 4.78 is 116. The van der Waals surface area contributed by atoms with E-state index in [4.69, 9.17) is 9.90 Å². The van der Waals surface area contributed by atoms with E-state index in [1.165, 1.54) is 23.0 Å². The van der Waals surface area contributed by atoms with Crippen molar-refractivity contribution in [1.29, 1.82) is 0 Å². The highest BCUT2D eigenvalue weighted by Gasteiger charge is 2.39. The second kappa shape index (κ2) is 13.3. The van der Waals surface area contributed by atoms with Gasteiger partial charge in [0.2, 0.25) is 11.9 Å². The number of carboxylic acids is 1. The number of carbonyl (C=O) groups is 2. The number of aliphatic carboxylic acids is 1. The zero-order valence-electron chi connectivity index (χ0n) is 22.4. The van der Waals surface area contributed by atoms with Gasteiger partial charge in [-0.1, -0.05) is 6.58 Å². The lowest BCUT2D eigenvalue weighted by molar-refractivity contribution is -0.192. The average Bonchev–Trinajstić information content (AvgIpc) is 3.33. The zero-order valence-corrected chi connectivity index (χ0v) is 22.4.